The molecule has 4 rings (SSSR count). The third-order valence-corrected chi connectivity index (χ3v) is 5.19. The van der Waals surface area contributed by atoms with Crippen LogP contribution in [0, 0.1) is 0 Å². The van der Waals surface area contributed by atoms with E-state index in [-0.39, 0.29) is 17.6 Å². The number of carbonyl (C=O) groups excluding carboxylic acids is 2. The second-order valence-corrected chi connectivity index (χ2v) is 7.13. The molecule has 3 aromatic rings. The van der Waals surface area contributed by atoms with Crippen LogP contribution in [0.3, 0.4) is 0 Å². The second-order valence-electron chi connectivity index (χ2n) is 7.13. The quantitative estimate of drug-likeness (QED) is 0.652. The van der Waals surface area contributed by atoms with Gasteiger partial charge in [-0.1, -0.05) is 47.6 Å². The fraction of sp³-hybridized carbons (Fsp3) is 0.261. The van der Waals surface area contributed by atoms with Gasteiger partial charge < -0.3 is 19.1 Å². The summed E-state index contributed by atoms with van der Waals surface area (Å²) in [6.07, 6.45) is 0.610. The monoisotopic (exact) mass is 405 g/mol. The molecular weight excluding hydrogens is 382 g/mol. The Hall–Kier alpha value is -3.61. The maximum atomic E-state index is 12.8. The summed E-state index contributed by atoms with van der Waals surface area (Å²) in [6.45, 7) is 1.78. The van der Waals surface area contributed by atoms with Gasteiger partial charge in [0.2, 0.25) is 5.76 Å². The number of hydrogen-bond donors (Lipinski definition) is 0. The number of carbonyl (C=O) groups is 2. The maximum absolute atomic E-state index is 12.8. The van der Waals surface area contributed by atoms with Crippen LogP contribution in [0.1, 0.15) is 32.2 Å². The van der Waals surface area contributed by atoms with Gasteiger partial charge in [0.05, 0.1) is 18.4 Å². The van der Waals surface area contributed by atoms with Crippen molar-refractivity contribution in [3.8, 4) is 5.75 Å². The molecule has 1 aromatic heterocycles. The van der Waals surface area contributed by atoms with Gasteiger partial charge in [-0.15, -0.1) is 0 Å². The Morgan fingerprint density at radius 3 is 2.27 bits per heavy atom. The zero-order chi connectivity index (χ0) is 20.9. The van der Waals surface area contributed by atoms with Crippen LogP contribution < -0.4 is 4.74 Å². The van der Waals surface area contributed by atoms with Gasteiger partial charge in [-0.25, -0.2) is 0 Å². The van der Waals surface area contributed by atoms with E-state index in [1.54, 1.807) is 35.1 Å². The van der Waals surface area contributed by atoms with Crippen molar-refractivity contribution in [2.75, 3.05) is 33.3 Å². The molecule has 0 N–H and O–H groups in total. The average Bonchev–Trinajstić information content (AvgIpc) is 3.27. The van der Waals surface area contributed by atoms with Gasteiger partial charge in [0.25, 0.3) is 11.8 Å². The number of benzene rings is 2. The first-order valence-corrected chi connectivity index (χ1v) is 9.87. The van der Waals surface area contributed by atoms with E-state index in [1.807, 2.05) is 42.5 Å². The molecule has 0 atom stereocenters. The zero-order valence-corrected chi connectivity index (χ0v) is 16.8. The topological polar surface area (TPSA) is 75.9 Å². The highest BCUT2D eigenvalue weighted by Gasteiger charge is 2.28. The van der Waals surface area contributed by atoms with Crippen LogP contribution in [-0.2, 0) is 6.42 Å². The van der Waals surface area contributed by atoms with Crippen LogP contribution in [0.5, 0.6) is 5.75 Å². The minimum atomic E-state index is -0.203. The van der Waals surface area contributed by atoms with Crippen LogP contribution >= 0.6 is 0 Å². The first kappa shape index (κ1) is 19.7. The minimum absolute atomic E-state index is 0.0932. The molecule has 0 bridgehead atoms. The number of hydrogen-bond acceptors (Lipinski definition) is 5. The maximum Gasteiger partial charge on any atom is 0.292 e. The van der Waals surface area contributed by atoms with Gasteiger partial charge in [-0.05, 0) is 17.7 Å². The first-order valence-electron chi connectivity index (χ1n) is 9.87. The lowest BCUT2D eigenvalue weighted by atomic mass is 10.1. The molecule has 30 heavy (non-hydrogen) atoms. The summed E-state index contributed by atoms with van der Waals surface area (Å²) in [5.41, 5.74) is 2.35. The van der Waals surface area contributed by atoms with Crippen LogP contribution in [0.4, 0.5) is 0 Å². The zero-order valence-electron chi connectivity index (χ0n) is 16.8. The molecule has 0 radical (unpaired) electrons. The fourth-order valence-corrected chi connectivity index (χ4v) is 3.56. The van der Waals surface area contributed by atoms with Crippen molar-refractivity contribution in [1.82, 2.24) is 15.0 Å². The van der Waals surface area contributed by atoms with Crippen molar-refractivity contribution < 1.29 is 18.8 Å². The molecule has 2 aromatic carbocycles. The van der Waals surface area contributed by atoms with E-state index in [2.05, 4.69) is 5.16 Å². The molecule has 0 aliphatic carbocycles. The Kier molecular flexibility index (Phi) is 5.79. The summed E-state index contributed by atoms with van der Waals surface area (Å²) in [4.78, 5) is 29.0. The van der Waals surface area contributed by atoms with Gasteiger partial charge in [0, 0.05) is 38.7 Å². The summed E-state index contributed by atoms with van der Waals surface area (Å²) in [7, 11) is 1.55. The Morgan fingerprint density at radius 2 is 1.57 bits per heavy atom. The number of nitrogens with zero attached hydrogens (tertiary/aromatic N) is 3. The van der Waals surface area contributed by atoms with Crippen LogP contribution in [-0.4, -0.2) is 60.1 Å². The smallest absolute Gasteiger partial charge is 0.292 e. The molecule has 1 saturated heterocycles. The standard InChI is InChI=1S/C23H23N3O4/c1-29-20-10-6-5-9-19(20)22(27)25-11-13-26(14-12-25)23(28)21-16-18(24-30-21)15-17-7-3-2-4-8-17/h2-10,16H,11-15H2,1H3. The highest BCUT2D eigenvalue weighted by molar-refractivity contribution is 5.97. The Balaban J connectivity index is 1.36. The largest absolute Gasteiger partial charge is 0.496 e. The van der Waals surface area contributed by atoms with Gasteiger partial charge >= 0.3 is 0 Å². The van der Waals surface area contributed by atoms with Gasteiger partial charge in [0.15, 0.2) is 0 Å². The van der Waals surface area contributed by atoms with Gasteiger partial charge in [-0.2, -0.15) is 0 Å². The number of piperazine rings is 1. The number of para-hydroxylation sites is 1. The van der Waals surface area contributed by atoms with Gasteiger partial charge in [-0.3, -0.25) is 9.59 Å². The predicted octanol–water partition coefficient (Wildman–Crippen LogP) is 2.87. The van der Waals surface area contributed by atoms with Crippen molar-refractivity contribution in [1.29, 1.82) is 0 Å². The average molecular weight is 405 g/mol. The van der Waals surface area contributed by atoms with Crippen molar-refractivity contribution in [3.63, 3.8) is 0 Å². The summed E-state index contributed by atoms with van der Waals surface area (Å²) in [6, 6.07) is 18.8. The Labute approximate surface area is 174 Å². The van der Waals surface area contributed by atoms with Crippen molar-refractivity contribution >= 4 is 11.8 Å². The normalized spacial score (nSPS) is 13.9. The van der Waals surface area contributed by atoms with Crippen molar-refractivity contribution in [2.45, 2.75) is 6.42 Å². The number of rotatable bonds is 5. The molecule has 0 saturated carbocycles. The molecule has 0 unspecified atom stereocenters. The van der Waals surface area contributed by atoms with Crippen LogP contribution in [0.2, 0.25) is 0 Å². The summed E-state index contributed by atoms with van der Waals surface area (Å²) >= 11 is 0. The predicted molar refractivity (Wildman–Crippen MR) is 111 cm³/mol. The number of ether oxygens (including phenoxy) is 1. The molecule has 7 heteroatoms. The van der Waals surface area contributed by atoms with E-state index in [9.17, 15) is 9.59 Å². The molecule has 2 heterocycles. The van der Waals surface area contributed by atoms with E-state index in [0.29, 0.717) is 43.9 Å². The first-order chi connectivity index (χ1) is 14.7. The van der Waals surface area contributed by atoms with Crippen LogP contribution in [0.25, 0.3) is 0 Å². The summed E-state index contributed by atoms with van der Waals surface area (Å²) in [5, 5.41) is 4.03. The van der Waals surface area contributed by atoms with Crippen molar-refractivity contribution in [3.05, 3.63) is 83.2 Å². The molecule has 154 valence electrons. The number of methoxy groups -OCH3 is 1. The van der Waals surface area contributed by atoms with E-state index in [0.717, 1.165) is 11.3 Å². The second kappa shape index (κ2) is 8.82. The molecule has 7 nitrogen and oxygen atoms in total. The lowest BCUT2D eigenvalue weighted by Gasteiger charge is -2.34. The highest BCUT2D eigenvalue weighted by atomic mass is 16.5. The van der Waals surface area contributed by atoms with Crippen LogP contribution in [0.15, 0.2) is 65.2 Å². The van der Waals surface area contributed by atoms with E-state index in [1.165, 1.54) is 0 Å². The summed E-state index contributed by atoms with van der Waals surface area (Å²) in [5.74, 6) is 0.481. The lowest BCUT2D eigenvalue weighted by molar-refractivity contribution is 0.0511. The van der Waals surface area contributed by atoms with E-state index < -0.39 is 0 Å². The molecule has 2 amide bonds. The number of amides is 2. The molecular formula is C23H23N3O4. The molecule has 1 aliphatic rings. The van der Waals surface area contributed by atoms with E-state index >= 15 is 0 Å². The SMILES string of the molecule is COc1ccccc1C(=O)N1CCN(C(=O)c2cc(Cc3ccccc3)no2)CC1. The minimum Gasteiger partial charge on any atom is -0.496 e. The fourth-order valence-electron chi connectivity index (χ4n) is 3.56. The Morgan fingerprint density at radius 1 is 0.933 bits per heavy atom. The summed E-state index contributed by atoms with van der Waals surface area (Å²) < 4.78 is 10.6. The van der Waals surface area contributed by atoms with Crippen molar-refractivity contribution in [2.24, 2.45) is 0 Å². The highest BCUT2D eigenvalue weighted by Crippen LogP contribution is 2.20. The Bertz CT molecular complexity index is 1020. The van der Waals surface area contributed by atoms with Gasteiger partial charge in [0.1, 0.15) is 5.75 Å². The molecule has 1 aliphatic heterocycles. The lowest BCUT2D eigenvalue weighted by Crippen LogP contribution is -2.50. The third kappa shape index (κ3) is 4.20. The molecule has 0 spiro atoms. The number of aromatic nitrogens is 1. The third-order valence-electron chi connectivity index (χ3n) is 5.19. The van der Waals surface area contributed by atoms with E-state index in [4.69, 9.17) is 9.26 Å². The molecule has 1 fully saturated rings.